The Morgan fingerprint density at radius 3 is 2.50 bits per heavy atom. The molecule has 1 amide bonds. The monoisotopic (exact) mass is 271 g/mol. The first-order valence-electron chi connectivity index (χ1n) is 5.73. The van der Waals surface area contributed by atoms with E-state index in [1.54, 1.807) is 7.05 Å². The predicted molar refractivity (Wildman–Crippen MR) is 66.5 cm³/mol. The lowest BCUT2D eigenvalue weighted by atomic mass is 9.78. The first kappa shape index (κ1) is 13.1. The van der Waals surface area contributed by atoms with Gasteiger partial charge in [0.1, 0.15) is 10.6 Å². The molecule has 18 heavy (non-hydrogen) atoms. The number of carbonyl (C=O) groups is 1. The highest BCUT2D eigenvalue weighted by molar-refractivity contribution is 7.89. The molecular formula is C11H17N3O3S. The molecule has 1 aromatic rings. The van der Waals surface area contributed by atoms with Crippen molar-refractivity contribution in [3.05, 3.63) is 18.0 Å². The number of primary sulfonamides is 1. The Balaban J connectivity index is 2.23. The van der Waals surface area contributed by atoms with Gasteiger partial charge in [0.25, 0.3) is 5.91 Å². The largest absolute Gasteiger partial charge is 0.346 e. The number of aromatic nitrogens is 1. The third kappa shape index (κ3) is 2.41. The van der Waals surface area contributed by atoms with Crippen molar-refractivity contribution < 1.29 is 13.2 Å². The molecule has 0 aliphatic heterocycles. The molecule has 0 aromatic carbocycles. The van der Waals surface area contributed by atoms with Gasteiger partial charge in [0, 0.05) is 18.8 Å². The Hall–Kier alpha value is -1.34. The van der Waals surface area contributed by atoms with Gasteiger partial charge in [-0.15, -0.1) is 0 Å². The van der Waals surface area contributed by atoms with Gasteiger partial charge in [-0.3, -0.25) is 4.79 Å². The van der Waals surface area contributed by atoms with E-state index in [2.05, 4.69) is 5.32 Å². The van der Waals surface area contributed by atoms with E-state index in [1.165, 1.54) is 16.8 Å². The number of aryl methyl sites for hydroxylation is 1. The Bertz CT molecular complexity index is 585. The number of carbonyl (C=O) groups excluding carboxylic acids is 1. The minimum Gasteiger partial charge on any atom is -0.346 e. The summed E-state index contributed by atoms with van der Waals surface area (Å²) >= 11 is 0. The van der Waals surface area contributed by atoms with Crippen molar-refractivity contribution in [2.24, 2.45) is 12.2 Å². The third-order valence-corrected chi connectivity index (χ3v) is 4.29. The lowest BCUT2D eigenvalue weighted by Gasteiger charge is -2.39. The number of nitrogens with two attached hydrogens (primary N) is 1. The molecule has 100 valence electrons. The van der Waals surface area contributed by atoms with E-state index in [0.29, 0.717) is 5.69 Å². The first-order chi connectivity index (χ1) is 8.21. The molecule has 0 saturated heterocycles. The van der Waals surface area contributed by atoms with Gasteiger partial charge >= 0.3 is 0 Å². The number of nitrogens with one attached hydrogen (secondary N) is 1. The quantitative estimate of drug-likeness (QED) is 0.830. The third-order valence-electron chi connectivity index (χ3n) is 3.41. The van der Waals surface area contributed by atoms with Gasteiger partial charge in [-0.1, -0.05) is 0 Å². The fourth-order valence-electron chi connectivity index (χ4n) is 2.09. The van der Waals surface area contributed by atoms with Gasteiger partial charge in [0.15, 0.2) is 0 Å². The molecule has 0 atom stereocenters. The van der Waals surface area contributed by atoms with Crippen molar-refractivity contribution >= 4 is 15.9 Å². The van der Waals surface area contributed by atoms with E-state index in [9.17, 15) is 13.2 Å². The van der Waals surface area contributed by atoms with E-state index >= 15 is 0 Å². The molecule has 1 aliphatic rings. The van der Waals surface area contributed by atoms with E-state index in [0.717, 1.165) is 19.3 Å². The Morgan fingerprint density at radius 2 is 2.11 bits per heavy atom. The summed E-state index contributed by atoms with van der Waals surface area (Å²) in [4.78, 5) is 12.0. The van der Waals surface area contributed by atoms with Gasteiger partial charge in [0.2, 0.25) is 10.0 Å². The van der Waals surface area contributed by atoms with Crippen LogP contribution in [0.2, 0.25) is 0 Å². The molecule has 3 N–H and O–H groups in total. The van der Waals surface area contributed by atoms with Crippen LogP contribution in [-0.2, 0) is 17.1 Å². The first-order valence-corrected chi connectivity index (χ1v) is 7.28. The van der Waals surface area contributed by atoms with Crippen LogP contribution < -0.4 is 10.5 Å². The summed E-state index contributed by atoms with van der Waals surface area (Å²) in [6.45, 7) is 1.98. The van der Waals surface area contributed by atoms with Crippen LogP contribution in [0.5, 0.6) is 0 Å². The zero-order chi connectivity index (χ0) is 13.6. The Morgan fingerprint density at radius 1 is 1.50 bits per heavy atom. The molecule has 0 spiro atoms. The average Bonchev–Trinajstić information content (AvgIpc) is 2.57. The Kier molecular flexibility index (Phi) is 2.98. The topological polar surface area (TPSA) is 94.2 Å². The molecule has 0 bridgehead atoms. The molecule has 1 heterocycles. The van der Waals surface area contributed by atoms with Crippen molar-refractivity contribution in [3.63, 3.8) is 0 Å². The number of hydrogen-bond donors (Lipinski definition) is 2. The molecule has 1 fully saturated rings. The Labute approximate surface area is 106 Å². The fraction of sp³-hybridized carbons (Fsp3) is 0.545. The van der Waals surface area contributed by atoms with Crippen molar-refractivity contribution in [3.8, 4) is 0 Å². The zero-order valence-corrected chi connectivity index (χ0v) is 11.3. The van der Waals surface area contributed by atoms with Crippen LogP contribution in [-0.4, -0.2) is 24.4 Å². The molecule has 1 saturated carbocycles. The number of sulfonamides is 1. The van der Waals surface area contributed by atoms with E-state index in [-0.39, 0.29) is 16.3 Å². The van der Waals surface area contributed by atoms with Crippen LogP contribution >= 0.6 is 0 Å². The lowest BCUT2D eigenvalue weighted by molar-refractivity contribution is 0.0842. The fourth-order valence-corrected chi connectivity index (χ4v) is 2.67. The zero-order valence-electron chi connectivity index (χ0n) is 10.4. The van der Waals surface area contributed by atoms with E-state index in [4.69, 9.17) is 5.14 Å². The van der Waals surface area contributed by atoms with Crippen LogP contribution in [0.4, 0.5) is 0 Å². The van der Waals surface area contributed by atoms with E-state index < -0.39 is 10.0 Å². The van der Waals surface area contributed by atoms with Crippen molar-refractivity contribution in [1.82, 2.24) is 9.88 Å². The smallest absolute Gasteiger partial charge is 0.268 e. The van der Waals surface area contributed by atoms with Gasteiger partial charge in [-0.25, -0.2) is 13.6 Å². The summed E-state index contributed by atoms with van der Waals surface area (Å²) in [5, 5.41) is 7.95. The van der Waals surface area contributed by atoms with Crippen LogP contribution in [0.1, 0.15) is 36.7 Å². The van der Waals surface area contributed by atoms with E-state index in [1.807, 2.05) is 6.92 Å². The summed E-state index contributed by atoms with van der Waals surface area (Å²) in [6, 6.07) is 1.30. The van der Waals surface area contributed by atoms with Crippen LogP contribution in [0.3, 0.4) is 0 Å². The van der Waals surface area contributed by atoms with Crippen LogP contribution in [0, 0.1) is 0 Å². The van der Waals surface area contributed by atoms with Crippen LogP contribution in [0.25, 0.3) is 0 Å². The highest BCUT2D eigenvalue weighted by Crippen LogP contribution is 2.31. The standard InChI is InChI=1S/C11H17N3O3S/c1-11(4-3-5-11)13-10(15)9-6-8(7-14(9)2)18(12,16)17/h6-7H,3-5H2,1-2H3,(H,13,15)(H2,12,16,17). The summed E-state index contributed by atoms with van der Waals surface area (Å²) in [5.74, 6) is -0.269. The van der Waals surface area contributed by atoms with Gasteiger partial charge in [-0.2, -0.15) is 0 Å². The second-order valence-corrected chi connectivity index (χ2v) is 6.65. The number of nitrogens with zero attached hydrogens (tertiary/aromatic N) is 1. The van der Waals surface area contributed by atoms with Crippen molar-refractivity contribution in [2.45, 2.75) is 36.6 Å². The van der Waals surface area contributed by atoms with Crippen molar-refractivity contribution in [2.75, 3.05) is 0 Å². The number of rotatable bonds is 3. The molecule has 1 aromatic heterocycles. The molecule has 0 radical (unpaired) electrons. The van der Waals surface area contributed by atoms with Crippen molar-refractivity contribution in [1.29, 1.82) is 0 Å². The minimum atomic E-state index is -3.77. The summed E-state index contributed by atoms with van der Waals surface area (Å²) < 4.78 is 23.9. The molecular weight excluding hydrogens is 254 g/mol. The predicted octanol–water partition coefficient (Wildman–Crippen LogP) is 0.345. The molecule has 6 nitrogen and oxygen atoms in total. The maximum Gasteiger partial charge on any atom is 0.268 e. The molecule has 7 heteroatoms. The second kappa shape index (κ2) is 4.10. The summed E-state index contributed by atoms with van der Waals surface area (Å²) in [6.07, 6.45) is 4.34. The lowest BCUT2D eigenvalue weighted by Crippen LogP contribution is -2.51. The number of hydrogen-bond acceptors (Lipinski definition) is 3. The number of amides is 1. The highest BCUT2D eigenvalue weighted by atomic mass is 32.2. The molecule has 0 unspecified atom stereocenters. The normalized spacial score (nSPS) is 18.2. The van der Waals surface area contributed by atoms with Crippen LogP contribution in [0.15, 0.2) is 17.2 Å². The van der Waals surface area contributed by atoms with Gasteiger partial charge in [0.05, 0.1) is 0 Å². The minimum absolute atomic E-state index is 0.0473. The van der Waals surface area contributed by atoms with Gasteiger partial charge in [-0.05, 0) is 32.3 Å². The maximum absolute atomic E-state index is 12.0. The maximum atomic E-state index is 12.0. The molecule has 2 rings (SSSR count). The second-order valence-electron chi connectivity index (χ2n) is 5.09. The average molecular weight is 271 g/mol. The van der Waals surface area contributed by atoms with Gasteiger partial charge < -0.3 is 9.88 Å². The summed E-state index contributed by atoms with van der Waals surface area (Å²) in [7, 11) is -2.16. The molecule has 1 aliphatic carbocycles. The summed E-state index contributed by atoms with van der Waals surface area (Å²) in [5.41, 5.74) is 0.135. The SMILES string of the molecule is Cn1cc(S(N)(=O)=O)cc1C(=O)NC1(C)CCC1. The highest BCUT2D eigenvalue weighted by Gasteiger charge is 2.34.